The molecule has 2 aliphatic heterocycles. The fraction of sp³-hybridized carbons (Fsp3) is 0.455. The van der Waals surface area contributed by atoms with Crippen LogP contribution < -0.4 is 0 Å². The Balaban J connectivity index is 1.79. The molecule has 0 fully saturated rings. The summed E-state index contributed by atoms with van der Waals surface area (Å²) in [6.07, 6.45) is 5.75. The first-order chi connectivity index (χ1) is 12.7. The molecular weight excluding hydrogens is 340 g/mol. The van der Waals surface area contributed by atoms with Crippen LogP contribution in [0.15, 0.2) is 64.1 Å². The van der Waals surface area contributed by atoms with Crippen LogP contribution in [-0.4, -0.2) is 46.8 Å². The summed E-state index contributed by atoms with van der Waals surface area (Å²) in [5.74, 6) is 0.785. The lowest BCUT2D eigenvalue weighted by molar-refractivity contribution is 0.157. The van der Waals surface area contributed by atoms with Gasteiger partial charge in [-0.3, -0.25) is 0 Å². The van der Waals surface area contributed by atoms with E-state index in [-0.39, 0.29) is 17.0 Å². The van der Waals surface area contributed by atoms with Crippen molar-refractivity contribution >= 4 is 11.8 Å². The van der Waals surface area contributed by atoms with Crippen LogP contribution in [-0.2, 0) is 9.47 Å². The van der Waals surface area contributed by atoms with E-state index in [0.717, 1.165) is 5.56 Å². The zero-order valence-electron chi connectivity index (χ0n) is 16.3. The van der Waals surface area contributed by atoms with Gasteiger partial charge in [-0.15, -0.1) is 0 Å². The Morgan fingerprint density at radius 3 is 2.22 bits per heavy atom. The van der Waals surface area contributed by atoms with Crippen molar-refractivity contribution < 1.29 is 14.6 Å². The SMILES string of the molecule is CC1(C)COC(C2=CC(c3ccccc3)C=CC2(O)C2=NC(C)(C)CO2)=N1. The molecule has 0 amide bonds. The molecule has 0 spiro atoms. The van der Waals surface area contributed by atoms with E-state index in [1.54, 1.807) is 6.08 Å². The largest absolute Gasteiger partial charge is 0.476 e. The smallest absolute Gasteiger partial charge is 0.226 e. The first kappa shape index (κ1) is 18.0. The van der Waals surface area contributed by atoms with Crippen LogP contribution in [0.3, 0.4) is 0 Å². The monoisotopic (exact) mass is 366 g/mol. The molecule has 2 atom stereocenters. The van der Waals surface area contributed by atoms with Gasteiger partial charge in [-0.25, -0.2) is 9.98 Å². The number of benzene rings is 1. The number of ether oxygens (including phenoxy) is 2. The van der Waals surface area contributed by atoms with E-state index in [9.17, 15) is 5.11 Å². The molecule has 3 aliphatic rings. The van der Waals surface area contributed by atoms with E-state index < -0.39 is 5.60 Å². The van der Waals surface area contributed by atoms with Crippen LogP contribution in [0.5, 0.6) is 0 Å². The summed E-state index contributed by atoms with van der Waals surface area (Å²) in [4.78, 5) is 9.31. The summed E-state index contributed by atoms with van der Waals surface area (Å²) < 4.78 is 11.7. The first-order valence-electron chi connectivity index (χ1n) is 9.34. The summed E-state index contributed by atoms with van der Waals surface area (Å²) in [6.45, 7) is 8.91. The molecule has 0 radical (unpaired) electrons. The van der Waals surface area contributed by atoms with E-state index in [2.05, 4.69) is 17.1 Å². The number of rotatable bonds is 3. The second kappa shape index (κ2) is 6.06. The fourth-order valence-electron chi connectivity index (χ4n) is 3.50. The minimum Gasteiger partial charge on any atom is -0.476 e. The highest BCUT2D eigenvalue weighted by molar-refractivity contribution is 6.07. The summed E-state index contributed by atoms with van der Waals surface area (Å²) >= 11 is 0. The van der Waals surface area contributed by atoms with E-state index in [1.807, 2.05) is 58.0 Å². The van der Waals surface area contributed by atoms with Gasteiger partial charge in [0, 0.05) is 5.92 Å². The zero-order valence-corrected chi connectivity index (χ0v) is 16.3. The maximum absolute atomic E-state index is 11.6. The third-order valence-corrected chi connectivity index (χ3v) is 4.98. The minimum absolute atomic E-state index is 0.0199. The summed E-state index contributed by atoms with van der Waals surface area (Å²) in [7, 11) is 0. The number of hydrogen-bond donors (Lipinski definition) is 1. The average molecular weight is 366 g/mol. The Kier molecular flexibility index (Phi) is 4.04. The van der Waals surface area contributed by atoms with E-state index in [4.69, 9.17) is 14.5 Å². The molecule has 1 aromatic carbocycles. The van der Waals surface area contributed by atoms with Gasteiger partial charge in [0.05, 0.1) is 16.7 Å². The maximum Gasteiger partial charge on any atom is 0.226 e. The fourth-order valence-corrected chi connectivity index (χ4v) is 3.50. The van der Waals surface area contributed by atoms with Crippen molar-refractivity contribution in [3.8, 4) is 0 Å². The number of aliphatic imine (C=N–C) groups is 2. The lowest BCUT2D eigenvalue weighted by Crippen LogP contribution is -2.43. The Labute approximate surface area is 160 Å². The quantitative estimate of drug-likeness (QED) is 0.834. The molecule has 27 heavy (non-hydrogen) atoms. The van der Waals surface area contributed by atoms with Crippen LogP contribution in [0.4, 0.5) is 0 Å². The zero-order chi connectivity index (χ0) is 19.3. The highest BCUT2D eigenvalue weighted by Gasteiger charge is 2.47. The summed E-state index contributed by atoms with van der Waals surface area (Å²) in [5.41, 5.74) is -0.421. The Hall–Kier alpha value is -2.40. The van der Waals surface area contributed by atoms with Crippen molar-refractivity contribution in [1.82, 2.24) is 0 Å². The molecule has 0 saturated heterocycles. The van der Waals surface area contributed by atoms with E-state index in [1.165, 1.54) is 0 Å². The molecule has 0 saturated carbocycles. The van der Waals surface area contributed by atoms with Gasteiger partial charge in [0.2, 0.25) is 11.8 Å². The van der Waals surface area contributed by atoms with Gasteiger partial charge in [0.25, 0.3) is 0 Å². The molecule has 5 heteroatoms. The van der Waals surface area contributed by atoms with Crippen LogP contribution in [0.2, 0.25) is 0 Å². The molecule has 2 unspecified atom stereocenters. The van der Waals surface area contributed by atoms with Crippen molar-refractivity contribution in [1.29, 1.82) is 0 Å². The molecule has 0 aromatic heterocycles. The van der Waals surface area contributed by atoms with Crippen molar-refractivity contribution in [3.63, 3.8) is 0 Å². The molecule has 4 rings (SSSR count). The van der Waals surface area contributed by atoms with Crippen molar-refractivity contribution in [2.24, 2.45) is 9.98 Å². The predicted octanol–water partition coefficient (Wildman–Crippen LogP) is 3.41. The molecule has 1 N–H and O–H groups in total. The van der Waals surface area contributed by atoms with Crippen LogP contribution in [0.1, 0.15) is 39.2 Å². The summed E-state index contributed by atoms with van der Waals surface area (Å²) in [5, 5.41) is 11.6. The van der Waals surface area contributed by atoms with E-state index >= 15 is 0 Å². The third-order valence-electron chi connectivity index (χ3n) is 4.98. The highest BCUT2D eigenvalue weighted by atomic mass is 16.5. The second-order valence-corrected chi connectivity index (χ2v) is 8.68. The van der Waals surface area contributed by atoms with Gasteiger partial charge in [-0.2, -0.15) is 0 Å². The molecule has 0 bridgehead atoms. The lowest BCUT2D eigenvalue weighted by Gasteiger charge is -2.31. The average Bonchev–Trinajstić information content (AvgIpc) is 3.18. The molecular formula is C22H26N2O3. The maximum atomic E-state index is 11.6. The highest BCUT2D eigenvalue weighted by Crippen LogP contribution is 2.38. The van der Waals surface area contributed by atoms with E-state index in [0.29, 0.717) is 30.6 Å². The van der Waals surface area contributed by atoms with Gasteiger partial charge >= 0.3 is 0 Å². The van der Waals surface area contributed by atoms with Gasteiger partial charge in [0.15, 0.2) is 5.60 Å². The Bertz CT molecular complexity index is 865. The van der Waals surface area contributed by atoms with Crippen LogP contribution in [0, 0.1) is 0 Å². The topological polar surface area (TPSA) is 63.4 Å². The number of aliphatic hydroxyl groups is 1. The summed E-state index contributed by atoms with van der Waals surface area (Å²) in [6, 6.07) is 10.2. The van der Waals surface area contributed by atoms with Crippen LogP contribution >= 0.6 is 0 Å². The molecule has 5 nitrogen and oxygen atoms in total. The molecule has 2 heterocycles. The third kappa shape index (κ3) is 3.32. The van der Waals surface area contributed by atoms with Crippen molar-refractivity contribution in [3.05, 3.63) is 59.7 Å². The number of nitrogens with zero attached hydrogens (tertiary/aromatic N) is 2. The normalized spacial score (nSPS) is 30.9. The van der Waals surface area contributed by atoms with Crippen LogP contribution in [0.25, 0.3) is 0 Å². The van der Waals surface area contributed by atoms with Gasteiger partial charge in [-0.1, -0.05) is 42.5 Å². The standard InChI is InChI=1S/C22H26N2O3/c1-20(2)13-26-18(23-20)17-12-16(15-8-6-5-7-9-15)10-11-22(17,25)19-24-21(3,4)14-27-19/h5-12,16,25H,13-14H2,1-4H3. The van der Waals surface area contributed by atoms with Gasteiger partial charge < -0.3 is 14.6 Å². The second-order valence-electron chi connectivity index (χ2n) is 8.68. The number of hydrogen-bond acceptors (Lipinski definition) is 5. The van der Waals surface area contributed by atoms with Gasteiger partial charge in [0.1, 0.15) is 13.2 Å². The molecule has 1 aromatic rings. The predicted molar refractivity (Wildman–Crippen MR) is 106 cm³/mol. The molecule has 1 aliphatic carbocycles. The first-order valence-corrected chi connectivity index (χ1v) is 9.34. The Morgan fingerprint density at radius 2 is 1.63 bits per heavy atom. The van der Waals surface area contributed by atoms with Crippen molar-refractivity contribution in [2.45, 2.75) is 50.3 Å². The lowest BCUT2D eigenvalue weighted by atomic mass is 9.81. The minimum atomic E-state index is -1.47. The van der Waals surface area contributed by atoms with Gasteiger partial charge in [-0.05, 0) is 39.3 Å². The number of allylic oxidation sites excluding steroid dienone is 2. The molecule has 142 valence electrons. The van der Waals surface area contributed by atoms with Crippen molar-refractivity contribution in [2.75, 3.05) is 13.2 Å². The Morgan fingerprint density at radius 1 is 0.963 bits per heavy atom.